The fourth-order valence-corrected chi connectivity index (χ4v) is 1.67. The predicted octanol–water partition coefficient (Wildman–Crippen LogP) is 2.06. The van der Waals surface area contributed by atoms with Crippen molar-refractivity contribution in [3.63, 3.8) is 0 Å². The smallest absolute Gasteiger partial charge is 0.252 e. The number of para-hydroxylation sites is 1. The van der Waals surface area contributed by atoms with Gasteiger partial charge in [-0.05, 0) is 31.2 Å². The Labute approximate surface area is 112 Å². The van der Waals surface area contributed by atoms with Crippen LogP contribution in [0.1, 0.15) is 15.9 Å². The molecular weight excluding hydrogens is 238 g/mol. The van der Waals surface area contributed by atoms with Crippen LogP contribution < -0.4 is 16.2 Å². The summed E-state index contributed by atoms with van der Waals surface area (Å²) in [6.07, 6.45) is 0. The minimum absolute atomic E-state index is 0.133. The van der Waals surface area contributed by atoms with E-state index in [1.165, 1.54) is 5.01 Å². The first-order valence-electron chi connectivity index (χ1n) is 6.09. The van der Waals surface area contributed by atoms with Gasteiger partial charge in [0.2, 0.25) is 0 Å². The lowest BCUT2D eigenvalue weighted by Crippen LogP contribution is -2.42. The van der Waals surface area contributed by atoms with Crippen LogP contribution in [0.5, 0.6) is 0 Å². The van der Waals surface area contributed by atoms with Crippen molar-refractivity contribution in [2.75, 3.05) is 11.7 Å². The number of nitrogens with zero attached hydrogens (tertiary/aromatic N) is 1. The standard InChI is InChI=1S/C15H17N3O/c1-12-7-9-13(10-8-12)15(19)17-11-18(16)14-5-3-2-4-6-14/h2-10H,11,16H2,1H3,(H,17,19). The summed E-state index contributed by atoms with van der Waals surface area (Å²) in [5, 5.41) is 4.27. The lowest BCUT2D eigenvalue weighted by molar-refractivity contribution is 0.0953. The summed E-state index contributed by atoms with van der Waals surface area (Å²) < 4.78 is 0. The van der Waals surface area contributed by atoms with Crippen LogP contribution in [0.25, 0.3) is 0 Å². The molecule has 2 aromatic rings. The van der Waals surface area contributed by atoms with Gasteiger partial charge in [-0.15, -0.1) is 0 Å². The first-order valence-corrected chi connectivity index (χ1v) is 6.09. The summed E-state index contributed by atoms with van der Waals surface area (Å²) in [6, 6.07) is 16.9. The number of carbonyl (C=O) groups is 1. The molecule has 98 valence electrons. The number of amides is 1. The van der Waals surface area contributed by atoms with E-state index in [1.54, 1.807) is 12.1 Å². The molecule has 0 saturated heterocycles. The average molecular weight is 255 g/mol. The number of aryl methyl sites for hydroxylation is 1. The third-order valence-electron chi connectivity index (χ3n) is 2.81. The fourth-order valence-electron chi connectivity index (χ4n) is 1.67. The number of nitrogens with one attached hydrogen (secondary N) is 1. The van der Waals surface area contributed by atoms with Crippen molar-refractivity contribution in [3.05, 3.63) is 65.7 Å². The Bertz CT molecular complexity index is 537. The molecule has 0 heterocycles. The summed E-state index contributed by atoms with van der Waals surface area (Å²) in [4.78, 5) is 11.9. The minimum Gasteiger partial charge on any atom is -0.333 e. The van der Waals surface area contributed by atoms with Crippen LogP contribution in [0.4, 0.5) is 5.69 Å². The molecule has 0 aliphatic carbocycles. The van der Waals surface area contributed by atoms with Crippen LogP contribution in [0.3, 0.4) is 0 Å². The normalized spacial score (nSPS) is 10.0. The fraction of sp³-hybridized carbons (Fsp3) is 0.133. The van der Waals surface area contributed by atoms with Gasteiger partial charge in [-0.1, -0.05) is 35.9 Å². The molecule has 4 nitrogen and oxygen atoms in total. The van der Waals surface area contributed by atoms with Crippen LogP contribution in [0.15, 0.2) is 54.6 Å². The molecule has 0 aliphatic heterocycles. The van der Waals surface area contributed by atoms with E-state index in [-0.39, 0.29) is 12.6 Å². The van der Waals surface area contributed by atoms with Crippen LogP contribution in [-0.2, 0) is 0 Å². The molecule has 0 aromatic heterocycles. The van der Waals surface area contributed by atoms with Crippen LogP contribution in [0, 0.1) is 6.92 Å². The van der Waals surface area contributed by atoms with Gasteiger partial charge >= 0.3 is 0 Å². The second kappa shape index (κ2) is 6.02. The van der Waals surface area contributed by atoms with E-state index in [9.17, 15) is 4.79 Å². The van der Waals surface area contributed by atoms with Crippen LogP contribution in [-0.4, -0.2) is 12.6 Å². The molecule has 0 aliphatic rings. The second-order valence-corrected chi connectivity index (χ2v) is 4.34. The van der Waals surface area contributed by atoms with Crippen molar-refractivity contribution in [1.82, 2.24) is 5.32 Å². The molecule has 0 spiro atoms. The Kier molecular flexibility index (Phi) is 4.15. The average Bonchev–Trinajstić information content (AvgIpc) is 2.46. The predicted molar refractivity (Wildman–Crippen MR) is 76.6 cm³/mol. The summed E-state index contributed by atoms with van der Waals surface area (Å²) in [5.41, 5.74) is 2.61. The topological polar surface area (TPSA) is 58.4 Å². The van der Waals surface area contributed by atoms with Crippen LogP contribution >= 0.6 is 0 Å². The monoisotopic (exact) mass is 255 g/mol. The van der Waals surface area contributed by atoms with Crippen molar-refractivity contribution in [2.45, 2.75) is 6.92 Å². The lowest BCUT2D eigenvalue weighted by atomic mass is 10.1. The number of hydrazine groups is 1. The van der Waals surface area contributed by atoms with Gasteiger partial charge in [0.25, 0.3) is 5.91 Å². The van der Waals surface area contributed by atoms with Crippen molar-refractivity contribution in [3.8, 4) is 0 Å². The Morgan fingerprint density at radius 2 is 1.74 bits per heavy atom. The zero-order chi connectivity index (χ0) is 13.7. The van der Waals surface area contributed by atoms with E-state index in [1.807, 2.05) is 49.4 Å². The highest BCUT2D eigenvalue weighted by Gasteiger charge is 2.06. The Balaban J connectivity index is 1.92. The number of carbonyl (C=O) groups excluding carboxylic acids is 1. The number of anilines is 1. The van der Waals surface area contributed by atoms with Gasteiger partial charge in [-0.25, -0.2) is 5.84 Å². The number of rotatable bonds is 4. The minimum atomic E-state index is -0.133. The van der Waals surface area contributed by atoms with Crippen molar-refractivity contribution < 1.29 is 4.79 Å². The van der Waals surface area contributed by atoms with E-state index < -0.39 is 0 Å². The molecule has 0 bridgehead atoms. The zero-order valence-corrected chi connectivity index (χ0v) is 10.8. The zero-order valence-electron chi connectivity index (χ0n) is 10.8. The lowest BCUT2D eigenvalue weighted by Gasteiger charge is -2.19. The summed E-state index contributed by atoms with van der Waals surface area (Å²) >= 11 is 0. The molecule has 0 radical (unpaired) electrons. The van der Waals surface area contributed by atoms with Gasteiger partial charge in [0, 0.05) is 5.56 Å². The Morgan fingerprint density at radius 3 is 2.37 bits per heavy atom. The highest BCUT2D eigenvalue weighted by molar-refractivity contribution is 5.94. The molecule has 4 heteroatoms. The molecule has 0 fully saturated rings. The molecule has 2 aromatic carbocycles. The molecular formula is C15H17N3O. The first kappa shape index (κ1) is 13.1. The number of benzene rings is 2. The Morgan fingerprint density at radius 1 is 1.11 bits per heavy atom. The summed E-state index contributed by atoms with van der Waals surface area (Å²) in [6.45, 7) is 2.25. The number of hydrogen-bond donors (Lipinski definition) is 2. The SMILES string of the molecule is Cc1ccc(C(=O)NCN(N)c2ccccc2)cc1. The van der Waals surface area contributed by atoms with Gasteiger partial charge in [0.1, 0.15) is 6.67 Å². The van der Waals surface area contributed by atoms with E-state index in [4.69, 9.17) is 5.84 Å². The first-order chi connectivity index (χ1) is 9.16. The van der Waals surface area contributed by atoms with Crippen LogP contribution in [0.2, 0.25) is 0 Å². The van der Waals surface area contributed by atoms with Gasteiger partial charge in [0.05, 0.1) is 5.69 Å². The van der Waals surface area contributed by atoms with Gasteiger partial charge in [-0.2, -0.15) is 0 Å². The summed E-state index contributed by atoms with van der Waals surface area (Å²) in [7, 11) is 0. The molecule has 0 saturated carbocycles. The highest BCUT2D eigenvalue weighted by atomic mass is 16.1. The van der Waals surface area contributed by atoms with Crippen molar-refractivity contribution in [1.29, 1.82) is 0 Å². The van der Waals surface area contributed by atoms with Crippen molar-refractivity contribution >= 4 is 11.6 Å². The summed E-state index contributed by atoms with van der Waals surface area (Å²) in [5.74, 6) is 5.73. The molecule has 19 heavy (non-hydrogen) atoms. The highest BCUT2D eigenvalue weighted by Crippen LogP contribution is 2.08. The second-order valence-electron chi connectivity index (χ2n) is 4.34. The van der Waals surface area contributed by atoms with Crippen molar-refractivity contribution in [2.24, 2.45) is 5.84 Å². The third kappa shape index (κ3) is 3.56. The number of nitrogens with two attached hydrogens (primary N) is 1. The third-order valence-corrected chi connectivity index (χ3v) is 2.81. The van der Waals surface area contributed by atoms with E-state index in [0.717, 1.165) is 11.3 Å². The largest absolute Gasteiger partial charge is 0.333 e. The van der Waals surface area contributed by atoms with E-state index >= 15 is 0 Å². The quantitative estimate of drug-likeness (QED) is 0.499. The molecule has 0 atom stereocenters. The molecule has 3 N–H and O–H groups in total. The maximum absolute atomic E-state index is 11.9. The molecule has 0 unspecified atom stereocenters. The maximum atomic E-state index is 11.9. The Hall–Kier alpha value is -2.33. The molecule has 2 rings (SSSR count). The van der Waals surface area contributed by atoms with E-state index in [0.29, 0.717) is 5.56 Å². The van der Waals surface area contributed by atoms with Gasteiger partial charge in [-0.3, -0.25) is 9.80 Å². The van der Waals surface area contributed by atoms with E-state index in [2.05, 4.69) is 5.32 Å². The van der Waals surface area contributed by atoms with Gasteiger partial charge in [0.15, 0.2) is 0 Å². The molecule has 1 amide bonds. The maximum Gasteiger partial charge on any atom is 0.252 e. The van der Waals surface area contributed by atoms with Gasteiger partial charge < -0.3 is 5.32 Å². The number of hydrogen-bond acceptors (Lipinski definition) is 3.